The molecule has 0 spiro atoms. The highest BCUT2D eigenvalue weighted by atomic mass is 79.9. The number of amides is 1. The molecule has 0 aliphatic rings. The molecule has 29 heavy (non-hydrogen) atoms. The first kappa shape index (κ1) is 21.5. The van der Waals surface area contributed by atoms with Gasteiger partial charge >= 0.3 is 0 Å². The second-order valence-electron chi connectivity index (χ2n) is 6.09. The first-order chi connectivity index (χ1) is 14.0. The number of benzene rings is 2. The summed E-state index contributed by atoms with van der Waals surface area (Å²) in [6, 6.07) is 15.2. The summed E-state index contributed by atoms with van der Waals surface area (Å²) in [7, 11) is 0. The summed E-state index contributed by atoms with van der Waals surface area (Å²) in [5.74, 6) is 0.729. The van der Waals surface area contributed by atoms with E-state index < -0.39 is 0 Å². The average Bonchev–Trinajstić information content (AvgIpc) is 3.14. The second kappa shape index (κ2) is 10.0. The van der Waals surface area contributed by atoms with E-state index in [1.807, 2.05) is 66.9 Å². The monoisotopic (exact) mass is 491 g/mol. The maximum atomic E-state index is 12.2. The standard InChI is InChI=1S/C20H19BrClN5OS/c1-3-27-19(14-7-9-17(22)10-8-14)25-26-20(27)29-12-18(28)24-23-13(2)15-5-4-6-16(21)11-15/h4-11H,3,12H2,1-2H3,(H,24,28)/b23-13+. The molecule has 3 rings (SSSR count). The van der Waals surface area contributed by atoms with Gasteiger partial charge in [0, 0.05) is 21.6 Å². The van der Waals surface area contributed by atoms with E-state index in [0.29, 0.717) is 16.7 Å². The summed E-state index contributed by atoms with van der Waals surface area (Å²) < 4.78 is 2.93. The Kier molecular flexibility index (Phi) is 7.46. The van der Waals surface area contributed by atoms with Gasteiger partial charge in [-0.05, 0) is 55.8 Å². The van der Waals surface area contributed by atoms with E-state index in [9.17, 15) is 4.79 Å². The molecule has 0 saturated heterocycles. The third-order valence-electron chi connectivity index (χ3n) is 4.06. The van der Waals surface area contributed by atoms with Crippen LogP contribution in [0.25, 0.3) is 11.4 Å². The van der Waals surface area contributed by atoms with E-state index in [1.54, 1.807) is 0 Å². The Morgan fingerprint density at radius 3 is 2.69 bits per heavy atom. The number of nitrogens with zero attached hydrogens (tertiary/aromatic N) is 4. The van der Waals surface area contributed by atoms with Crippen molar-refractivity contribution < 1.29 is 4.79 Å². The van der Waals surface area contributed by atoms with Gasteiger partial charge in [0.05, 0.1) is 11.5 Å². The molecule has 0 unspecified atom stereocenters. The van der Waals surface area contributed by atoms with Crippen molar-refractivity contribution in [3.63, 3.8) is 0 Å². The normalized spacial score (nSPS) is 11.5. The van der Waals surface area contributed by atoms with Crippen molar-refractivity contribution in [2.75, 3.05) is 5.75 Å². The zero-order valence-corrected chi connectivity index (χ0v) is 19.1. The van der Waals surface area contributed by atoms with Crippen LogP contribution in [0.5, 0.6) is 0 Å². The highest BCUT2D eigenvalue weighted by molar-refractivity contribution is 9.10. The SMILES string of the molecule is CCn1c(SCC(=O)N/N=C(\C)c2cccc(Br)c2)nnc1-c1ccc(Cl)cc1. The lowest BCUT2D eigenvalue weighted by Crippen LogP contribution is -2.21. The van der Waals surface area contributed by atoms with Crippen LogP contribution in [0, 0.1) is 0 Å². The molecule has 0 aliphatic heterocycles. The van der Waals surface area contributed by atoms with Crippen LogP contribution < -0.4 is 5.43 Å². The molecule has 9 heteroatoms. The molecule has 0 bridgehead atoms. The minimum absolute atomic E-state index is 0.189. The van der Waals surface area contributed by atoms with Gasteiger partial charge in [-0.3, -0.25) is 4.79 Å². The Hall–Kier alpha value is -2.16. The first-order valence-corrected chi connectivity index (χ1v) is 11.0. The smallest absolute Gasteiger partial charge is 0.250 e. The van der Waals surface area contributed by atoms with Gasteiger partial charge in [-0.1, -0.05) is 51.4 Å². The maximum absolute atomic E-state index is 12.2. The van der Waals surface area contributed by atoms with Crippen LogP contribution in [-0.4, -0.2) is 32.1 Å². The molecule has 0 fully saturated rings. The number of hydrazone groups is 1. The van der Waals surface area contributed by atoms with E-state index >= 15 is 0 Å². The summed E-state index contributed by atoms with van der Waals surface area (Å²) in [6.45, 7) is 4.55. The molecular weight excluding hydrogens is 474 g/mol. The zero-order valence-electron chi connectivity index (χ0n) is 15.9. The Bertz CT molecular complexity index is 1040. The molecule has 2 aromatic carbocycles. The van der Waals surface area contributed by atoms with Gasteiger partial charge < -0.3 is 4.57 Å². The van der Waals surface area contributed by atoms with Crippen LogP contribution in [0.4, 0.5) is 0 Å². The van der Waals surface area contributed by atoms with Crippen LogP contribution in [0.3, 0.4) is 0 Å². The molecule has 0 radical (unpaired) electrons. The molecule has 0 atom stereocenters. The fourth-order valence-corrected chi connectivity index (χ4v) is 3.90. The predicted molar refractivity (Wildman–Crippen MR) is 121 cm³/mol. The van der Waals surface area contributed by atoms with Crippen molar-refractivity contribution >= 4 is 50.9 Å². The number of nitrogens with one attached hydrogen (secondary N) is 1. The predicted octanol–water partition coefficient (Wildman–Crippen LogP) is 5.01. The molecule has 1 heterocycles. The van der Waals surface area contributed by atoms with Crippen molar-refractivity contribution in [2.45, 2.75) is 25.5 Å². The molecule has 1 N–H and O–H groups in total. The fourth-order valence-electron chi connectivity index (χ4n) is 2.58. The fraction of sp³-hybridized carbons (Fsp3) is 0.200. The number of carbonyl (C=O) groups excluding carboxylic acids is 1. The second-order valence-corrected chi connectivity index (χ2v) is 8.38. The quantitative estimate of drug-likeness (QED) is 0.286. The van der Waals surface area contributed by atoms with Gasteiger partial charge in [0.25, 0.3) is 5.91 Å². The maximum Gasteiger partial charge on any atom is 0.250 e. The summed E-state index contributed by atoms with van der Waals surface area (Å²) >= 11 is 10.7. The van der Waals surface area contributed by atoms with E-state index in [4.69, 9.17) is 11.6 Å². The topological polar surface area (TPSA) is 72.2 Å². The number of halogens is 2. The van der Waals surface area contributed by atoms with E-state index in [0.717, 1.165) is 27.1 Å². The van der Waals surface area contributed by atoms with Gasteiger partial charge in [0.2, 0.25) is 0 Å². The molecule has 1 aromatic heterocycles. The Balaban J connectivity index is 1.63. The average molecular weight is 493 g/mol. The Morgan fingerprint density at radius 2 is 2.00 bits per heavy atom. The minimum atomic E-state index is -0.206. The molecule has 1 amide bonds. The third-order valence-corrected chi connectivity index (χ3v) is 5.77. The van der Waals surface area contributed by atoms with Gasteiger partial charge in [-0.15, -0.1) is 10.2 Å². The van der Waals surface area contributed by atoms with Crippen LogP contribution in [-0.2, 0) is 11.3 Å². The number of hydrogen-bond donors (Lipinski definition) is 1. The largest absolute Gasteiger partial charge is 0.302 e. The molecule has 0 aliphatic carbocycles. The molecule has 150 valence electrons. The van der Waals surface area contributed by atoms with Crippen LogP contribution in [0.15, 0.2) is 63.3 Å². The number of thioether (sulfide) groups is 1. The minimum Gasteiger partial charge on any atom is -0.302 e. The Morgan fingerprint density at radius 1 is 1.24 bits per heavy atom. The lowest BCUT2D eigenvalue weighted by atomic mass is 10.1. The first-order valence-electron chi connectivity index (χ1n) is 8.89. The van der Waals surface area contributed by atoms with Crippen molar-refractivity contribution in [3.8, 4) is 11.4 Å². The van der Waals surface area contributed by atoms with Crippen molar-refractivity contribution in [1.29, 1.82) is 0 Å². The number of carbonyl (C=O) groups is 1. The summed E-state index contributed by atoms with van der Waals surface area (Å²) in [5.41, 5.74) is 5.18. The molecule has 6 nitrogen and oxygen atoms in total. The Labute approximate surface area is 186 Å². The van der Waals surface area contributed by atoms with Crippen LogP contribution >= 0.6 is 39.3 Å². The highest BCUT2D eigenvalue weighted by Crippen LogP contribution is 2.25. The molecular formula is C20H19BrClN5OS. The number of hydrogen-bond acceptors (Lipinski definition) is 5. The zero-order chi connectivity index (χ0) is 20.8. The van der Waals surface area contributed by atoms with Crippen LogP contribution in [0.2, 0.25) is 5.02 Å². The van der Waals surface area contributed by atoms with E-state index in [-0.39, 0.29) is 11.7 Å². The number of aromatic nitrogens is 3. The van der Waals surface area contributed by atoms with Crippen LogP contribution in [0.1, 0.15) is 19.4 Å². The third kappa shape index (κ3) is 5.68. The molecule has 3 aromatic rings. The van der Waals surface area contributed by atoms with E-state index in [1.165, 1.54) is 11.8 Å². The lowest BCUT2D eigenvalue weighted by molar-refractivity contribution is -0.118. The highest BCUT2D eigenvalue weighted by Gasteiger charge is 2.14. The summed E-state index contributed by atoms with van der Waals surface area (Å²) in [5, 5.41) is 14.0. The number of rotatable bonds is 7. The molecule has 0 saturated carbocycles. The van der Waals surface area contributed by atoms with Gasteiger partial charge in [-0.25, -0.2) is 5.43 Å². The van der Waals surface area contributed by atoms with Crippen molar-refractivity contribution in [1.82, 2.24) is 20.2 Å². The van der Waals surface area contributed by atoms with Gasteiger partial charge in [0.15, 0.2) is 11.0 Å². The van der Waals surface area contributed by atoms with E-state index in [2.05, 4.69) is 36.7 Å². The van der Waals surface area contributed by atoms with Gasteiger partial charge in [0.1, 0.15) is 0 Å². The summed E-state index contributed by atoms with van der Waals surface area (Å²) in [4.78, 5) is 12.2. The van der Waals surface area contributed by atoms with Crippen molar-refractivity contribution in [3.05, 3.63) is 63.6 Å². The lowest BCUT2D eigenvalue weighted by Gasteiger charge is -2.07. The summed E-state index contributed by atoms with van der Waals surface area (Å²) in [6.07, 6.45) is 0. The van der Waals surface area contributed by atoms with Crippen molar-refractivity contribution in [2.24, 2.45) is 5.10 Å². The van der Waals surface area contributed by atoms with Gasteiger partial charge in [-0.2, -0.15) is 5.10 Å².